The van der Waals surface area contributed by atoms with Gasteiger partial charge in [-0.25, -0.2) is 18.0 Å². The number of hydrogen-bond acceptors (Lipinski definition) is 4. The van der Waals surface area contributed by atoms with Gasteiger partial charge in [-0.1, -0.05) is 6.92 Å². The lowest BCUT2D eigenvalue weighted by Crippen LogP contribution is -2.44. The maximum atomic E-state index is 15.8. The van der Waals surface area contributed by atoms with Gasteiger partial charge in [-0.05, 0) is 35.8 Å². The van der Waals surface area contributed by atoms with Crippen LogP contribution in [0.2, 0.25) is 0 Å². The van der Waals surface area contributed by atoms with Crippen LogP contribution in [0.4, 0.5) is 13.2 Å². The van der Waals surface area contributed by atoms with Crippen molar-refractivity contribution in [1.82, 2.24) is 9.97 Å². The molecule has 27 heavy (non-hydrogen) atoms. The second kappa shape index (κ2) is 6.20. The Morgan fingerprint density at radius 2 is 2.04 bits per heavy atom. The van der Waals surface area contributed by atoms with Crippen LogP contribution in [0.5, 0.6) is 0 Å². The van der Waals surface area contributed by atoms with E-state index < -0.39 is 46.0 Å². The maximum absolute atomic E-state index is 15.8. The standard InChI is InChI=1S/C18H18F3N3O2S/c1-7-13-11(16(25)24-17(26)23-13)12(15(20)21)14(19)18(7,8-2-3-8)9-4-10(5-22)27-6-9/h4,6-8,15H,2-3,5,22H2,1H3,(H2,23,24,25,26). The highest BCUT2D eigenvalue weighted by Gasteiger charge is 2.58. The van der Waals surface area contributed by atoms with Gasteiger partial charge in [-0.3, -0.25) is 9.78 Å². The number of alkyl halides is 2. The van der Waals surface area contributed by atoms with Crippen LogP contribution in [-0.4, -0.2) is 16.4 Å². The van der Waals surface area contributed by atoms with Gasteiger partial charge in [-0.2, -0.15) is 0 Å². The molecule has 4 rings (SSSR count). The van der Waals surface area contributed by atoms with E-state index in [1.165, 1.54) is 11.3 Å². The molecule has 0 radical (unpaired) electrons. The molecule has 2 aromatic heterocycles. The van der Waals surface area contributed by atoms with Gasteiger partial charge in [0.05, 0.1) is 16.6 Å². The Labute approximate surface area is 156 Å². The first-order chi connectivity index (χ1) is 12.8. The number of rotatable bonds is 4. The molecular formula is C18H18F3N3O2S. The third-order valence-electron chi connectivity index (χ3n) is 5.73. The molecule has 144 valence electrons. The molecule has 0 bridgehead atoms. The molecule has 2 aliphatic carbocycles. The largest absolute Gasteiger partial charge is 0.326 e. The van der Waals surface area contributed by atoms with Gasteiger partial charge in [0.25, 0.3) is 12.0 Å². The van der Waals surface area contributed by atoms with Crippen LogP contribution in [0.3, 0.4) is 0 Å². The summed E-state index contributed by atoms with van der Waals surface area (Å²) in [6.45, 7) is 1.94. The van der Waals surface area contributed by atoms with Crippen molar-refractivity contribution in [2.24, 2.45) is 11.7 Å². The van der Waals surface area contributed by atoms with Crippen molar-refractivity contribution in [3.8, 4) is 0 Å². The highest BCUT2D eigenvalue weighted by Crippen LogP contribution is 2.63. The van der Waals surface area contributed by atoms with E-state index in [1.807, 2.05) is 4.98 Å². The maximum Gasteiger partial charge on any atom is 0.325 e. The number of nitrogens with two attached hydrogens (primary N) is 1. The summed E-state index contributed by atoms with van der Waals surface area (Å²) in [5, 5.41) is 1.75. The highest BCUT2D eigenvalue weighted by molar-refractivity contribution is 7.10. The zero-order valence-electron chi connectivity index (χ0n) is 14.4. The monoisotopic (exact) mass is 397 g/mol. The lowest BCUT2D eigenvalue weighted by Gasteiger charge is -2.43. The first-order valence-corrected chi connectivity index (χ1v) is 9.53. The van der Waals surface area contributed by atoms with Crippen LogP contribution >= 0.6 is 11.3 Å². The fraction of sp³-hybridized carbons (Fsp3) is 0.444. The lowest BCUT2D eigenvalue weighted by molar-refractivity contribution is 0.202. The molecule has 1 fully saturated rings. The van der Waals surface area contributed by atoms with Crippen LogP contribution < -0.4 is 17.0 Å². The van der Waals surface area contributed by atoms with Crippen molar-refractivity contribution < 1.29 is 13.2 Å². The Balaban J connectivity index is 2.10. The molecule has 2 aromatic rings. The first kappa shape index (κ1) is 18.2. The molecule has 0 aliphatic heterocycles. The van der Waals surface area contributed by atoms with Crippen molar-refractivity contribution in [2.45, 2.75) is 44.1 Å². The number of halogens is 3. The van der Waals surface area contributed by atoms with Gasteiger partial charge in [0.1, 0.15) is 5.83 Å². The fourth-order valence-electron chi connectivity index (χ4n) is 4.44. The molecule has 0 saturated heterocycles. The van der Waals surface area contributed by atoms with Crippen LogP contribution in [0, 0.1) is 5.92 Å². The van der Waals surface area contributed by atoms with Gasteiger partial charge < -0.3 is 10.7 Å². The molecule has 9 heteroatoms. The second-order valence-electron chi connectivity index (χ2n) is 7.10. The summed E-state index contributed by atoms with van der Waals surface area (Å²) < 4.78 is 43.7. The van der Waals surface area contributed by atoms with E-state index in [-0.39, 0.29) is 18.2 Å². The van der Waals surface area contributed by atoms with Crippen LogP contribution in [0.25, 0.3) is 5.57 Å². The zero-order chi connectivity index (χ0) is 19.5. The Bertz CT molecular complexity index is 1050. The number of fused-ring (bicyclic) bond motifs is 1. The Hall–Kier alpha value is -2.13. The molecule has 2 atom stereocenters. The van der Waals surface area contributed by atoms with Crippen molar-refractivity contribution in [3.05, 3.63) is 59.8 Å². The smallest absolute Gasteiger partial charge is 0.325 e. The molecule has 2 heterocycles. The number of H-pyrrole nitrogens is 2. The molecule has 1 saturated carbocycles. The number of thiophene rings is 1. The van der Waals surface area contributed by atoms with Crippen molar-refractivity contribution >= 4 is 16.9 Å². The predicted molar refractivity (Wildman–Crippen MR) is 96.7 cm³/mol. The zero-order valence-corrected chi connectivity index (χ0v) is 15.3. The van der Waals surface area contributed by atoms with Crippen molar-refractivity contribution in [1.29, 1.82) is 0 Å². The van der Waals surface area contributed by atoms with E-state index in [0.717, 1.165) is 4.88 Å². The topological polar surface area (TPSA) is 91.7 Å². The summed E-state index contributed by atoms with van der Waals surface area (Å²) >= 11 is 1.35. The normalized spacial score (nSPS) is 25.2. The van der Waals surface area contributed by atoms with E-state index in [1.54, 1.807) is 18.4 Å². The van der Waals surface area contributed by atoms with E-state index in [2.05, 4.69) is 4.98 Å². The lowest BCUT2D eigenvalue weighted by atomic mass is 9.61. The summed E-state index contributed by atoms with van der Waals surface area (Å²) in [4.78, 5) is 29.3. The van der Waals surface area contributed by atoms with Gasteiger partial charge in [0.15, 0.2) is 0 Å². The molecule has 0 aromatic carbocycles. The van der Waals surface area contributed by atoms with Crippen LogP contribution in [0.1, 0.15) is 47.4 Å². The van der Waals surface area contributed by atoms with Crippen LogP contribution in [0.15, 0.2) is 26.9 Å². The predicted octanol–water partition coefficient (Wildman–Crippen LogP) is 2.99. The third kappa shape index (κ3) is 2.48. The second-order valence-corrected chi connectivity index (χ2v) is 8.09. The summed E-state index contributed by atoms with van der Waals surface area (Å²) in [7, 11) is 0. The minimum Gasteiger partial charge on any atom is -0.326 e. The number of nitrogens with one attached hydrogen (secondary N) is 2. The van der Waals surface area contributed by atoms with Crippen molar-refractivity contribution in [3.63, 3.8) is 0 Å². The Morgan fingerprint density at radius 1 is 1.33 bits per heavy atom. The van der Waals surface area contributed by atoms with E-state index in [0.29, 0.717) is 18.4 Å². The van der Waals surface area contributed by atoms with Gasteiger partial charge in [0.2, 0.25) is 0 Å². The molecule has 0 amide bonds. The summed E-state index contributed by atoms with van der Waals surface area (Å²) in [5.74, 6) is -1.84. The van der Waals surface area contributed by atoms with E-state index in [4.69, 9.17) is 5.73 Å². The number of allylic oxidation sites excluding steroid dienone is 2. The molecular weight excluding hydrogens is 379 g/mol. The van der Waals surface area contributed by atoms with Gasteiger partial charge >= 0.3 is 5.69 Å². The minimum atomic E-state index is -3.19. The highest BCUT2D eigenvalue weighted by atomic mass is 32.1. The quantitative estimate of drug-likeness (QED) is 0.741. The summed E-state index contributed by atoms with van der Waals surface area (Å²) in [6.07, 6.45) is -1.82. The first-order valence-electron chi connectivity index (χ1n) is 8.65. The summed E-state index contributed by atoms with van der Waals surface area (Å²) in [5.41, 5.74) is 1.81. The molecule has 5 nitrogen and oxygen atoms in total. The SMILES string of the molecule is CC1c2[nH]c(=O)[nH]c(=O)c2C(C(F)F)=C(F)C1(c1csc(CN)c1)C1CC1. The average molecular weight is 397 g/mol. The van der Waals surface area contributed by atoms with E-state index in [9.17, 15) is 18.4 Å². The van der Waals surface area contributed by atoms with Gasteiger partial charge in [-0.15, -0.1) is 11.3 Å². The van der Waals surface area contributed by atoms with E-state index >= 15 is 4.39 Å². The number of aromatic nitrogens is 2. The molecule has 4 N–H and O–H groups in total. The minimum absolute atomic E-state index is 0.0628. The number of hydrogen-bond donors (Lipinski definition) is 3. The van der Waals surface area contributed by atoms with Crippen molar-refractivity contribution in [2.75, 3.05) is 0 Å². The molecule has 2 aliphatic rings. The third-order valence-corrected chi connectivity index (χ3v) is 6.69. The average Bonchev–Trinajstić information content (AvgIpc) is 3.33. The molecule has 0 spiro atoms. The number of aromatic amines is 2. The van der Waals surface area contributed by atoms with Gasteiger partial charge in [0, 0.05) is 23.0 Å². The Morgan fingerprint density at radius 3 is 2.59 bits per heavy atom. The summed E-state index contributed by atoms with van der Waals surface area (Å²) in [6, 6.07) is 1.75. The van der Waals surface area contributed by atoms with Crippen LogP contribution in [-0.2, 0) is 12.0 Å². The molecule has 2 unspecified atom stereocenters. The fourth-order valence-corrected chi connectivity index (χ4v) is 5.27. The Kier molecular flexibility index (Phi) is 4.19.